The molecule has 0 fully saturated rings. The van der Waals surface area contributed by atoms with E-state index in [9.17, 15) is 0 Å². The number of hydrogen-bond acceptors (Lipinski definition) is 6. The molecule has 4 aromatic rings. The topological polar surface area (TPSA) is 75.2 Å². The molecule has 0 amide bonds. The Kier molecular flexibility index (Phi) is 7.42. The van der Waals surface area contributed by atoms with Crippen LogP contribution in [0.25, 0.3) is 5.69 Å². The van der Waals surface area contributed by atoms with Gasteiger partial charge in [0, 0.05) is 17.9 Å². The van der Waals surface area contributed by atoms with Crippen LogP contribution in [0, 0.1) is 0 Å². The first-order valence-corrected chi connectivity index (χ1v) is 11.4. The lowest BCUT2D eigenvalue weighted by Crippen LogP contribution is -2.09. The predicted octanol–water partition coefficient (Wildman–Crippen LogP) is 4.65. The average Bonchev–Trinajstić information content (AvgIpc) is 3.25. The number of nitrogens with zero attached hydrogens (tertiary/aromatic N) is 3. The zero-order valence-electron chi connectivity index (χ0n) is 18.0. The van der Waals surface area contributed by atoms with Gasteiger partial charge in [-0.05, 0) is 54.1 Å². The third kappa shape index (κ3) is 5.49. The van der Waals surface area contributed by atoms with Crippen molar-refractivity contribution in [1.82, 2.24) is 14.8 Å². The molecule has 0 unspecified atom stereocenters. The van der Waals surface area contributed by atoms with Crippen LogP contribution in [0.5, 0.6) is 11.5 Å². The van der Waals surface area contributed by atoms with Crippen molar-refractivity contribution in [1.29, 1.82) is 0 Å². The number of thioether (sulfide) groups is 1. The normalized spacial score (nSPS) is 10.8. The summed E-state index contributed by atoms with van der Waals surface area (Å²) in [5.41, 5.74) is 9.09. The third-order valence-electron chi connectivity index (χ3n) is 4.91. The molecule has 0 saturated carbocycles. The minimum Gasteiger partial charge on any atom is -0.497 e. The van der Waals surface area contributed by atoms with Crippen molar-refractivity contribution in [3.05, 3.63) is 95.8 Å². The quantitative estimate of drug-likeness (QED) is 0.358. The molecular weight excluding hydrogens is 420 g/mol. The molecule has 3 aromatic carbocycles. The lowest BCUT2D eigenvalue weighted by Gasteiger charge is -2.12. The Morgan fingerprint density at radius 2 is 1.66 bits per heavy atom. The largest absolute Gasteiger partial charge is 0.497 e. The molecular formula is C25H26N4O2S. The summed E-state index contributed by atoms with van der Waals surface area (Å²) in [7, 11) is 1.68. The molecule has 0 radical (unpaired) electrons. The van der Waals surface area contributed by atoms with Gasteiger partial charge < -0.3 is 15.2 Å². The smallest absolute Gasteiger partial charge is 0.196 e. The third-order valence-corrected chi connectivity index (χ3v) is 5.91. The second-order valence-corrected chi connectivity index (χ2v) is 8.12. The zero-order chi connectivity index (χ0) is 22.2. The highest BCUT2D eigenvalue weighted by Crippen LogP contribution is 2.27. The van der Waals surface area contributed by atoms with Crippen LogP contribution in [0.4, 0.5) is 0 Å². The van der Waals surface area contributed by atoms with Crippen LogP contribution in [0.15, 0.2) is 84.0 Å². The van der Waals surface area contributed by atoms with Crippen LogP contribution >= 0.6 is 11.8 Å². The molecule has 2 N–H and O–H groups in total. The van der Waals surface area contributed by atoms with Gasteiger partial charge >= 0.3 is 0 Å². The summed E-state index contributed by atoms with van der Waals surface area (Å²) in [5, 5.41) is 9.64. The van der Waals surface area contributed by atoms with Crippen molar-refractivity contribution in [2.24, 2.45) is 5.73 Å². The van der Waals surface area contributed by atoms with E-state index in [4.69, 9.17) is 15.2 Å². The van der Waals surface area contributed by atoms with E-state index in [1.165, 1.54) is 0 Å². The maximum absolute atomic E-state index is 5.92. The van der Waals surface area contributed by atoms with Gasteiger partial charge in [0.1, 0.15) is 23.9 Å². The molecule has 0 saturated heterocycles. The van der Waals surface area contributed by atoms with E-state index in [2.05, 4.69) is 33.0 Å². The molecule has 6 nitrogen and oxygen atoms in total. The fourth-order valence-electron chi connectivity index (χ4n) is 3.29. The van der Waals surface area contributed by atoms with Gasteiger partial charge in [0.25, 0.3) is 0 Å². The monoisotopic (exact) mass is 446 g/mol. The van der Waals surface area contributed by atoms with Crippen molar-refractivity contribution in [2.75, 3.05) is 13.7 Å². The standard InChI is InChI=1S/C25H26N4O2S/c1-30-23-9-5-8-20(16-23)18-32-25-28-27-24(14-15-26)29(25)21-10-12-22(13-11-21)31-17-19-6-3-2-4-7-19/h2-13,16H,14-15,17-18,26H2,1H3. The highest BCUT2D eigenvalue weighted by atomic mass is 32.2. The van der Waals surface area contributed by atoms with Crippen molar-refractivity contribution in [3.63, 3.8) is 0 Å². The fourth-order valence-corrected chi connectivity index (χ4v) is 4.20. The predicted molar refractivity (Wildman–Crippen MR) is 127 cm³/mol. The Morgan fingerprint density at radius 1 is 0.875 bits per heavy atom. The molecule has 0 spiro atoms. The second kappa shape index (κ2) is 10.8. The Bertz CT molecular complexity index is 1130. The number of hydrogen-bond donors (Lipinski definition) is 1. The summed E-state index contributed by atoms with van der Waals surface area (Å²) in [6.07, 6.45) is 0.652. The van der Waals surface area contributed by atoms with Gasteiger partial charge in [0.15, 0.2) is 5.16 Å². The van der Waals surface area contributed by atoms with Gasteiger partial charge in [-0.25, -0.2) is 0 Å². The minimum atomic E-state index is 0.511. The first-order chi connectivity index (χ1) is 15.8. The van der Waals surface area contributed by atoms with E-state index in [-0.39, 0.29) is 0 Å². The second-order valence-electron chi connectivity index (χ2n) is 7.18. The molecule has 1 aromatic heterocycles. The summed E-state index contributed by atoms with van der Waals surface area (Å²) in [5.74, 6) is 3.27. The van der Waals surface area contributed by atoms with E-state index in [0.717, 1.165) is 45.0 Å². The van der Waals surface area contributed by atoms with E-state index in [0.29, 0.717) is 19.6 Å². The number of ether oxygens (including phenoxy) is 2. The molecule has 0 atom stereocenters. The van der Waals surface area contributed by atoms with E-state index >= 15 is 0 Å². The Hall–Kier alpha value is -3.29. The van der Waals surface area contributed by atoms with Crippen molar-refractivity contribution >= 4 is 11.8 Å². The van der Waals surface area contributed by atoms with Gasteiger partial charge in [-0.2, -0.15) is 0 Å². The van der Waals surface area contributed by atoms with Crippen LogP contribution in [-0.4, -0.2) is 28.4 Å². The van der Waals surface area contributed by atoms with Crippen molar-refractivity contribution in [3.8, 4) is 17.2 Å². The Balaban J connectivity index is 1.50. The maximum Gasteiger partial charge on any atom is 0.196 e. The van der Waals surface area contributed by atoms with E-state index in [1.54, 1.807) is 18.9 Å². The van der Waals surface area contributed by atoms with Crippen LogP contribution in [0.3, 0.4) is 0 Å². The molecule has 0 aliphatic carbocycles. The summed E-state index contributed by atoms with van der Waals surface area (Å²) in [6, 6.07) is 26.2. The van der Waals surface area contributed by atoms with Gasteiger partial charge in [-0.15, -0.1) is 10.2 Å². The van der Waals surface area contributed by atoms with Gasteiger partial charge in [-0.1, -0.05) is 54.2 Å². The molecule has 0 aliphatic heterocycles. The number of rotatable bonds is 10. The number of methoxy groups -OCH3 is 1. The molecule has 7 heteroatoms. The van der Waals surface area contributed by atoms with E-state index in [1.807, 2.05) is 60.7 Å². The summed E-state index contributed by atoms with van der Waals surface area (Å²) < 4.78 is 13.3. The fraction of sp³-hybridized carbons (Fsp3) is 0.200. The van der Waals surface area contributed by atoms with Gasteiger partial charge in [0.05, 0.1) is 7.11 Å². The number of nitrogens with two attached hydrogens (primary N) is 1. The first kappa shape index (κ1) is 21.9. The molecule has 4 rings (SSSR count). The zero-order valence-corrected chi connectivity index (χ0v) is 18.8. The first-order valence-electron chi connectivity index (χ1n) is 10.4. The molecule has 164 valence electrons. The van der Waals surface area contributed by atoms with Crippen molar-refractivity contribution in [2.45, 2.75) is 23.9 Å². The number of benzene rings is 3. The summed E-state index contributed by atoms with van der Waals surface area (Å²) >= 11 is 1.63. The lowest BCUT2D eigenvalue weighted by atomic mass is 10.2. The summed E-state index contributed by atoms with van der Waals surface area (Å²) in [4.78, 5) is 0. The highest BCUT2D eigenvalue weighted by Gasteiger charge is 2.14. The maximum atomic E-state index is 5.92. The average molecular weight is 447 g/mol. The molecule has 1 heterocycles. The van der Waals surface area contributed by atoms with Crippen LogP contribution in [-0.2, 0) is 18.8 Å². The number of aromatic nitrogens is 3. The van der Waals surface area contributed by atoms with Crippen LogP contribution in [0.1, 0.15) is 17.0 Å². The minimum absolute atomic E-state index is 0.511. The van der Waals surface area contributed by atoms with Crippen LogP contribution in [0.2, 0.25) is 0 Å². The van der Waals surface area contributed by atoms with E-state index < -0.39 is 0 Å². The summed E-state index contributed by atoms with van der Waals surface area (Å²) in [6.45, 7) is 1.05. The lowest BCUT2D eigenvalue weighted by molar-refractivity contribution is 0.306. The van der Waals surface area contributed by atoms with Crippen molar-refractivity contribution < 1.29 is 9.47 Å². The highest BCUT2D eigenvalue weighted by molar-refractivity contribution is 7.98. The Labute approximate surface area is 192 Å². The van der Waals surface area contributed by atoms with Gasteiger partial charge in [-0.3, -0.25) is 4.57 Å². The van der Waals surface area contributed by atoms with Crippen LogP contribution < -0.4 is 15.2 Å². The SMILES string of the molecule is COc1cccc(CSc2nnc(CCN)n2-c2ccc(OCc3ccccc3)cc2)c1. The van der Waals surface area contributed by atoms with Gasteiger partial charge in [0.2, 0.25) is 0 Å². The molecule has 0 aliphatic rings. The Morgan fingerprint density at radius 3 is 2.41 bits per heavy atom. The molecule has 0 bridgehead atoms. The molecule has 32 heavy (non-hydrogen) atoms.